The maximum Gasteiger partial charge on any atom is 0.437 e. The van der Waals surface area contributed by atoms with Crippen LogP contribution >= 0.6 is 0 Å². The van der Waals surface area contributed by atoms with Crippen molar-refractivity contribution in [1.82, 2.24) is 0 Å². The highest BCUT2D eigenvalue weighted by Gasteiger charge is 2.65. The molecule has 1 heterocycles. The van der Waals surface area contributed by atoms with Crippen molar-refractivity contribution in [2.45, 2.75) is 31.0 Å². The summed E-state index contributed by atoms with van der Waals surface area (Å²) in [7, 11) is 0. The number of halogens is 3. The molecule has 0 radical (unpaired) electrons. The van der Waals surface area contributed by atoms with Gasteiger partial charge in [0, 0.05) is 11.1 Å². The summed E-state index contributed by atoms with van der Waals surface area (Å²) in [5.41, 5.74) is 1.31. The molecule has 0 saturated heterocycles. The highest BCUT2D eigenvalue weighted by molar-refractivity contribution is 5.97. The number of benzene rings is 4. The number of aliphatic carboxylic acids is 1. The number of carboxylic acids is 1. The van der Waals surface area contributed by atoms with Gasteiger partial charge in [-0.1, -0.05) is 84.9 Å². The number of hydrogen-bond donors (Lipinski definition) is 1. The molecule has 4 aromatic carbocycles. The maximum atomic E-state index is 15.1. The lowest BCUT2D eigenvalue weighted by molar-refractivity contribution is -0.241. The van der Waals surface area contributed by atoms with Crippen molar-refractivity contribution in [3.63, 3.8) is 0 Å². The zero-order chi connectivity index (χ0) is 26.5. The van der Waals surface area contributed by atoms with Crippen LogP contribution in [0.1, 0.15) is 33.4 Å². The first-order valence-corrected chi connectivity index (χ1v) is 12.4. The molecule has 1 N–H and O–H groups in total. The fourth-order valence-corrected chi connectivity index (χ4v) is 5.61. The van der Waals surface area contributed by atoms with Crippen LogP contribution in [0.4, 0.5) is 13.2 Å². The van der Waals surface area contributed by atoms with E-state index in [0.717, 1.165) is 35.6 Å². The normalized spacial score (nSPS) is 17.6. The van der Waals surface area contributed by atoms with E-state index in [-0.39, 0.29) is 17.7 Å². The quantitative estimate of drug-likeness (QED) is 0.268. The molecule has 0 fully saturated rings. The molecular formula is C32H23F3O3. The Morgan fingerprint density at radius 3 is 2.34 bits per heavy atom. The molecule has 6 rings (SSSR count). The molecule has 0 amide bonds. The standard InChI is InChI=1S/C32H23F3O3/c33-32(34,35)31(28(30(36)37)19-23-9-4-5-12-29(23)38-31)27-11-6-10-24-25-17-21(15-16-22(25)18-26(24)27)14-13-20-7-2-1-3-8-20/h1-12,15-17,19H,13-14,18H2,(H,36,37). The number of carboxylic acid groups (broad SMARTS) is 1. The van der Waals surface area contributed by atoms with Gasteiger partial charge in [-0.05, 0) is 64.8 Å². The van der Waals surface area contributed by atoms with E-state index in [1.807, 2.05) is 36.4 Å². The van der Waals surface area contributed by atoms with Crippen molar-refractivity contribution >= 4 is 12.0 Å². The molecule has 6 heteroatoms. The van der Waals surface area contributed by atoms with Gasteiger partial charge in [-0.3, -0.25) is 0 Å². The zero-order valence-electron chi connectivity index (χ0n) is 20.3. The van der Waals surface area contributed by atoms with Crippen LogP contribution in [0.2, 0.25) is 0 Å². The Morgan fingerprint density at radius 1 is 0.842 bits per heavy atom. The minimum atomic E-state index is -5.03. The van der Waals surface area contributed by atoms with E-state index in [4.69, 9.17) is 4.74 Å². The van der Waals surface area contributed by atoms with Crippen LogP contribution in [0.25, 0.3) is 17.2 Å². The summed E-state index contributed by atoms with van der Waals surface area (Å²) in [4.78, 5) is 12.3. The number of ether oxygens (including phenoxy) is 1. The van der Waals surface area contributed by atoms with Gasteiger partial charge in [-0.25, -0.2) is 4.79 Å². The van der Waals surface area contributed by atoms with Gasteiger partial charge in [-0.15, -0.1) is 0 Å². The van der Waals surface area contributed by atoms with E-state index < -0.39 is 23.3 Å². The van der Waals surface area contributed by atoms with Crippen molar-refractivity contribution in [3.8, 4) is 16.9 Å². The predicted molar refractivity (Wildman–Crippen MR) is 139 cm³/mol. The zero-order valence-corrected chi connectivity index (χ0v) is 20.3. The maximum absolute atomic E-state index is 15.1. The first kappa shape index (κ1) is 24.0. The lowest BCUT2D eigenvalue weighted by Crippen LogP contribution is -2.52. The molecule has 1 aliphatic heterocycles. The van der Waals surface area contributed by atoms with Crippen molar-refractivity contribution in [3.05, 3.63) is 130 Å². The Morgan fingerprint density at radius 2 is 1.58 bits per heavy atom. The lowest BCUT2D eigenvalue weighted by atomic mass is 9.78. The van der Waals surface area contributed by atoms with Gasteiger partial charge in [-0.2, -0.15) is 13.2 Å². The van der Waals surface area contributed by atoms with Crippen LogP contribution < -0.4 is 4.74 Å². The van der Waals surface area contributed by atoms with E-state index in [2.05, 4.69) is 12.1 Å². The van der Waals surface area contributed by atoms with Crippen LogP contribution in [0.15, 0.2) is 96.6 Å². The summed E-state index contributed by atoms with van der Waals surface area (Å²) in [6, 6.07) is 27.0. The van der Waals surface area contributed by atoms with E-state index in [9.17, 15) is 9.90 Å². The third-order valence-corrected chi connectivity index (χ3v) is 7.42. The number of carbonyl (C=O) groups is 1. The molecule has 1 atom stereocenters. The predicted octanol–water partition coefficient (Wildman–Crippen LogP) is 7.36. The Kier molecular flexibility index (Phi) is 5.64. The van der Waals surface area contributed by atoms with Crippen LogP contribution in [-0.4, -0.2) is 17.3 Å². The molecule has 0 aromatic heterocycles. The van der Waals surface area contributed by atoms with Crippen molar-refractivity contribution in [2.75, 3.05) is 0 Å². The third-order valence-electron chi connectivity index (χ3n) is 7.42. The molecule has 3 nitrogen and oxygen atoms in total. The Hall–Kier alpha value is -4.32. The van der Waals surface area contributed by atoms with Gasteiger partial charge in [0.25, 0.3) is 5.60 Å². The monoisotopic (exact) mass is 512 g/mol. The molecule has 1 unspecified atom stereocenters. The van der Waals surface area contributed by atoms with Gasteiger partial charge in [0.2, 0.25) is 0 Å². The molecule has 0 bridgehead atoms. The van der Waals surface area contributed by atoms with Gasteiger partial charge in [0.1, 0.15) is 5.75 Å². The molecule has 0 spiro atoms. The van der Waals surface area contributed by atoms with Gasteiger partial charge in [0.05, 0.1) is 5.57 Å². The third kappa shape index (κ3) is 3.79. The first-order chi connectivity index (χ1) is 18.3. The largest absolute Gasteiger partial charge is 0.478 e. The minimum absolute atomic E-state index is 0.00821. The van der Waals surface area contributed by atoms with Crippen molar-refractivity contribution in [1.29, 1.82) is 0 Å². The summed E-state index contributed by atoms with van der Waals surface area (Å²) in [6.07, 6.45) is -2.04. The summed E-state index contributed by atoms with van der Waals surface area (Å²) in [6.45, 7) is 0. The molecule has 190 valence electrons. The molecule has 1 aliphatic carbocycles. The van der Waals surface area contributed by atoms with E-state index in [0.29, 0.717) is 16.7 Å². The Labute approximate surface area is 217 Å². The molecule has 38 heavy (non-hydrogen) atoms. The van der Waals surface area contributed by atoms with Crippen molar-refractivity contribution < 1.29 is 27.8 Å². The average molecular weight is 513 g/mol. The molecular weight excluding hydrogens is 489 g/mol. The first-order valence-electron chi connectivity index (χ1n) is 12.4. The van der Waals surface area contributed by atoms with E-state index in [1.165, 1.54) is 17.7 Å². The second-order valence-electron chi connectivity index (χ2n) is 9.67. The molecule has 0 saturated carbocycles. The average Bonchev–Trinajstić information content (AvgIpc) is 3.29. The topological polar surface area (TPSA) is 46.5 Å². The Balaban J connectivity index is 1.46. The van der Waals surface area contributed by atoms with Crippen LogP contribution in [-0.2, 0) is 29.7 Å². The second-order valence-corrected chi connectivity index (χ2v) is 9.67. The fourth-order valence-electron chi connectivity index (χ4n) is 5.61. The van der Waals surface area contributed by atoms with Crippen LogP contribution in [0.5, 0.6) is 5.75 Å². The molecule has 2 aliphatic rings. The van der Waals surface area contributed by atoms with Crippen LogP contribution in [0, 0.1) is 0 Å². The fraction of sp³-hybridized carbons (Fsp3) is 0.156. The lowest BCUT2D eigenvalue weighted by Gasteiger charge is -2.40. The number of aryl methyl sites for hydroxylation is 2. The second kappa shape index (κ2) is 8.91. The van der Waals surface area contributed by atoms with E-state index >= 15 is 13.2 Å². The molecule has 4 aromatic rings. The number of fused-ring (bicyclic) bond motifs is 4. The highest BCUT2D eigenvalue weighted by Crippen LogP contribution is 2.54. The summed E-state index contributed by atoms with van der Waals surface area (Å²) >= 11 is 0. The minimum Gasteiger partial charge on any atom is -0.478 e. The number of alkyl halides is 3. The van der Waals surface area contributed by atoms with Gasteiger partial charge >= 0.3 is 12.1 Å². The summed E-state index contributed by atoms with van der Waals surface area (Å²) < 4.78 is 50.9. The summed E-state index contributed by atoms with van der Waals surface area (Å²) in [5.74, 6) is -1.68. The SMILES string of the molecule is O=C(O)C1=Cc2ccccc2OC1(c1cccc2c1Cc1ccc(CCc3ccccc3)cc1-2)C(F)(F)F. The smallest absolute Gasteiger partial charge is 0.437 e. The van der Waals surface area contributed by atoms with Crippen molar-refractivity contribution in [2.24, 2.45) is 0 Å². The number of para-hydroxylation sites is 1. The summed E-state index contributed by atoms with van der Waals surface area (Å²) in [5, 5.41) is 9.99. The number of hydrogen-bond acceptors (Lipinski definition) is 2. The van der Waals surface area contributed by atoms with Gasteiger partial charge < -0.3 is 9.84 Å². The number of rotatable bonds is 5. The van der Waals surface area contributed by atoms with Crippen LogP contribution in [0.3, 0.4) is 0 Å². The van der Waals surface area contributed by atoms with E-state index in [1.54, 1.807) is 30.3 Å². The van der Waals surface area contributed by atoms with Gasteiger partial charge in [0.15, 0.2) is 0 Å². The Bertz CT molecular complexity index is 1590. The highest BCUT2D eigenvalue weighted by atomic mass is 19.4.